The molecule has 1 unspecified atom stereocenters. The summed E-state index contributed by atoms with van der Waals surface area (Å²) in [7, 11) is 2.00. The summed E-state index contributed by atoms with van der Waals surface area (Å²) in [5.74, 6) is 0.0858. The Morgan fingerprint density at radius 3 is 2.69 bits per heavy atom. The highest BCUT2D eigenvalue weighted by atomic mass is 16.3. The Balaban J connectivity index is 2.20. The largest absolute Gasteiger partial charge is 0.394 e. The number of benzene rings is 1. The number of hydrogen-bond acceptors (Lipinski definition) is 3. The lowest BCUT2D eigenvalue weighted by molar-refractivity contribution is -0.124. The molecule has 174 valence electrons. The molecule has 3 atom stereocenters. The molecule has 0 aliphatic carbocycles. The molecule has 1 amide bonds. The van der Waals surface area contributed by atoms with Gasteiger partial charge < -0.3 is 20.3 Å². The van der Waals surface area contributed by atoms with Gasteiger partial charge >= 0.3 is 0 Å². The van der Waals surface area contributed by atoms with Crippen molar-refractivity contribution in [2.45, 2.75) is 71.4 Å². The van der Waals surface area contributed by atoms with Gasteiger partial charge in [0.1, 0.15) is 6.04 Å². The quantitative estimate of drug-likeness (QED) is 0.542. The molecule has 2 aromatic rings. The fourth-order valence-corrected chi connectivity index (χ4v) is 5.03. The normalized spacial score (nSPS) is 20.9. The summed E-state index contributed by atoms with van der Waals surface area (Å²) in [4.78, 5) is 18.7. The zero-order chi connectivity index (χ0) is 23.6. The predicted octanol–water partition coefficient (Wildman–Crippen LogP) is 4.85. The number of nitrogens with one attached hydrogen (secondary N) is 2. The van der Waals surface area contributed by atoms with Crippen LogP contribution in [0.25, 0.3) is 10.9 Å². The maximum absolute atomic E-state index is 13.1. The lowest BCUT2D eigenvalue weighted by Gasteiger charge is -2.33. The fourth-order valence-electron chi connectivity index (χ4n) is 5.03. The smallest absolute Gasteiger partial charge is 0.243 e. The zero-order valence-corrected chi connectivity index (χ0v) is 20.5. The number of nitrogens with zero attached hydrogens (tertiary/aromatic N) is 1. The first kappa shape index (κ1) is 24.1. The van der Waals surface area contributed by atoms with Crippen LogP contribution < -0.4 is 10.2 Å². The van der Waals surface area contributed by atoms with E-state index in [0.29, 0.717) is 6.42 Å². The van der Waals surface area contributed by atoms with Gasteiger partial charge in [0.05, 0.1) is 18.2 Å². The van der Waals surface area contributed by atoms with Gasteiger partial charge in [-0.3, -0.25) is 4.79 Å². The van der Waals surface area contributed by atoms with E-state index >= 15 is 0 Å². The molecule has 0 fully saturated rings. The van der Waals surface area contributed by atoms with E-state index < -0.39 is 0 Å². The summed E-state index contributed by atoms with van der Waals surface area (Å²) in [5.41, 5.74) is 5.61. The molecule has 0 saturated heterocycles. The van der Waals surface area contributed by atoms with E-state index in [1.54, 1.807) is 0 Å². The molecule has 3 N–H and O–H groups in total. The molecule has 3 rings (SSSR count). The first-order valence-corrected chi connectivity index (χ1v) is 11.7. The summed E-state index contributed by atoms with van der Waals surface area (Å²) in [5, 5.41) is 14.2. The van der Waals surface area contributed by atoms with Gasteiger partial charge in [-0.05, 0) is 56.2 Å². The molecule has 1 aromatic heterocycles. The molecule has 0 radical (unpaired) electrons. The van der Waals surface area contributed by atoms with Gasteiger partial charge in [0, 0.05) is 29.7 Å². The van der Waals surface area contributed by atoms with Crippen LogP contribution in [0.1, 0.15) is 58.6 Å². The molecule has 0 bridgehead atoms. The van der Waals surface area contributed by atoms with Crippen molar-refractivity contribution in [2.24, 2.45) is 5.92 Å². The Morgan fingerprint density at radius 1 is 1.38 bits per heavy atom. The van der Waals surface area contributed by atoms with Gasteiger partial charge in [-0.15, -0.1) is 6.58 Å². The molecule has 1 aliphatic rings. The van der Waals surface area contributed by atoms with E-state index in [0.717, 1.165) is 35.0 Å². The monoisotopic (exact) mass is 437 g/mol. The van der Waals surface area contributed by atoms with Crippen LogP contribution in [0.2, 0.25) is 0 Å². The van der Waals surface area contributed by atoms with Crippen LogP contribution in [0.15, 0.2) is 42.6 Å². The number of carbonyl (C=O) groups excluding carboxylic acids is 1. The van der Waals surface area contributed by atoms with Crippen molar-refractivity contribution in [3.05, 3.63) is 53.8 Å². The van der Waals surface area contributed by atoms with E-state index in [4.69, 9.17) is 0 Å². The minimum absolute atomic E-state index is 0.0365. The van der Waals surface area contributed by atoms with E-state index in [1.807, 2.05) is 13.2 Å². The number of aliphatic hydroxyl groups is 1. The Labute approximate surface area is 192 Å². The van der Waals surface area contributed by atoms with Gasteiger partial charge in [0.15, 0.2) is 0 Å². The van der Waals surface area contributed by atoms with E-state index in [-0.39, 0.29) is 35.9 Å². The van der Waals surface area contributed by atoms with Gasteiger partial charge in [-0.25, -0.2) is 0 Å². The van der Waals surface area contributed by atoms with Gasteiger partial charge in [-0.1, -0.05) is 44.6 Å². The number of anilines is 1. The number of aromatic nitrogens is 1. The Bertz CT molecular complexity index is 1020. The summed E-state index contributed by atoms with van der Waals surface area (Å²) in [6, 6.07) is 3.71. The molecule has 32 heavy (non-hydrogen) atoms. The van der Waals surface area contributed by atoms with Crippen molar-refractivity contribution in [3.63, 3.8) is 0 Å². The van der Waals surface area contributed by atoms with E-state index in [2.05, 4.69) is 80.7 Å². The molecule has 5 nitrogen and oxygen atoms in total. The molecule has 5 heteroatoms. The van der Waals surface area contributed by atoms with Crippen LogP contribution in [0.4, 0.5) is 5.69 Å². The summed E-state index contributed by atoms with van der Waals surface area (Å²) in [6.45, 7) is 14.7. The van der Waals surface area contributed by atoms with Crippen molar-refractivity contribution >= 4 is 22.5 Å². The average molecular weight is 438 g/mol. The lowest BCUT2D eigenvalue weighted by atomic mass is 9.77. The average Bonchev–Trinajstić information content (AvgIpc) is 3.16. The Morgan fingerprint density at radius 2 is 2.09 bits per heavy atom. The molecule has 0 saturated carbocycles. The topological polar surface area (TPSA) is 68.4 Å². The highest BCUT2D eigenvalue weighted by molar-refractivity contribution is 6.00. The molecule has 2 heterocycles. The highest BCUT2D eigenvalue weighted by Gasteiger charge is 2.34. The number of carbonyl (C=O) groups is 1. The maximum Gasteiger partial charge on any atom is 0.243 e. The number of aromatic amines is 1. The number of rotatable bonds is 7. The van der Waals surface area contributed by atoms with Crippen molar-refractivity contribution in [1.29, 1.82) is 0 Å². The second kappa shape index (κ2) is 9.53. The highest BCUT2D eigenvalue weighted by Crippen LogP contribution is 2.41. The Kier molecular flexibility index (Phi) is 7.19. The summed E-state index contributed by atoms with van der Waals surface area (Å²) in [6.07, 6.45) is 8.91. The predicted molar refractivity (Wildman–Crippen MR) is 134 cm³/mol. The van der Waals surface area contributed by atoms with Crippen LogP contribution in [-0.4, -0.2) is 41.7 Å². The number of allylic oxidation sites excluding steroid dienone is 3. The van der Waals surface area contributed by atoms with Gasteiger partial charge in [0.2, 0.25) is 5.91 Å². The first-order valence-electron chi connectivity index (χ1n) is 11.7. The number of H-pyrrole nitrogens is 1. The number of hydrogen-bond donors (Lipinski definition) is 3. The lowest BCUT2D eigenvalue weighted by Crippen LogP contribution is -2.52. The first-order chi connectivity index (χ1) is 15.1. The maximum atomic E-state index is 13.1. The van der Waals surface area contributed by atoms with Crippen LogP contribution in [-0.2, 0) is 16.6 Å². The third-order valence-corrected chi connectivity index (χ3v) is 6.91. The number of aliphatic hydroxyl groups excluding tert-OH is 1. The molecular formula is C27H39N3O2. The van der Waals surface area contributed by atoms with Crippen molar-refractivity contribution < 1.29 is 9.90 Å². The van der Waals surface area contributed by atoms with Crippen LogP contribution in [0, 0.1) is 5.92 Å². The second-order valence-corrected chi connectivity index (χ2v) is 10.0. The second-order valence-electron chi connectivity index (χ2n) is 10.0. The summed E-state index contributed by atoms with van der Waals surface area (Å²) < 4.78 is 0. The van der Waals surface area contributed by atoms with Crippen molar-refractivity contribution in [2.75, 3.05) is 18.6 Å². The minimum atomic E-state index is -0.317. The van der Waals surface area contributed by atoms with E-state index in [1.165, 1.54) is 11.1 Å². The number of amides is 1. The van der Waals surface area contributed by atoms with Gasteiger partial charge in [0.25, 0.3) is 0 Å². The third-order valence-electron chi connectivity index (χ3n) is 6.91. The molecule has 1 aromatic carbocycles. The fraction of sp³-hybridized carbons (Fsp3) is 0.519. The molecule has 0 spiro atoms. The zero-order valence-electron chi connectivity index (χ0n) is 20.5. The molecule has 1 aliphatic heterocycles. The Hall–Kier alpha value is -2.53. The SMILES string of the molecule is C=CC(C)(CCC=C(C)C)c1ccc2c3c(c[nH]c13)C[C@H](CO)NC(=O)[C@@H](C(C)C)N2C. The van der Waals surface area contributed by atoms with E-state index in [9.17, 15) is 9.90 Å². The van der Waals surface area contributed by atoms with Crippen molar-refractivity contribution in [1.82, 2.24) is 10.3 Å². The standard InChI is InChI=1S/C27H39N3O2/c1-8-27(6,13-9-10-17(2)3)21-11-12-22-23-19(15-28-24(21)23)14-20(16-31)29-26(32)25(18(4)5)30(22)7/h8,10-12,15,18,20,25,28,31H,1,9,13-14,16H2,2-7H3,(H,29,32)/t20-,25-,27?/m1/s1. The minimum Gasteiger partial charge on any atom is -0.394 e. The molecular weight excluding hydrogens is 398 g/mol. The summed E-state index contributed by atoms with van der Waals surface area (Å²) >= 11 is 0. The van der Waals surface area contributed by atoms with Crippen LogP contribution in [0.3, 0.4) is 0 Å². The van der Waals surface area contributed by atoms with Crippen LogP contribution in [0.5, 0.6) is 0 Å². The number of likely N-dealkylation sites (N-methyl/N-ethyl adjacent to an activating group) is 1. The van der Waals surface area contributed by atoms with Crippen LogP contribution >= 0.6 is 0 Å². The van der Waals surface area contributed by atoms with Crippen molar-refractivity contribution in [3.8, 4) is 0 Å². The van der Waals surface area contributed by atoms with Gasteiger partial charge in [-0.2, -0.15) is 0 Å². The third kappa shape index (κ3) is 4.49.